The van der Waals surface area contributed by atoms with E-state index in [0.29, 0.717) is 35.2 Å². The molecule has 1 aromatic heterocycles. The first-order chi connectivity index (χ1) is 13.8. The number of nitrogens with one attached hydrogen (secondary N) is 1. The maximum atomic E-state index is 14.4. The lowest BCUT2D eigenvalue weighted by Crippen LogP contribution is -2.47. The SMILES string of the molecule is CC.CC.CCN1CCC(Nc2cccc3c2cc(C)n3CC(F)(F)F)C(F)C1. The van der Waals surface area contributed by atoms with E-state index >= 15 is 0 Å². The van der Waals surface area contributed by atoms with Gasteiger partial charge in [0.05, 0.1) is 11.6 Å². The van der Waals surface area contributed by atoms with Crippen molar-refractivity contribution >= 4 is 16.6 Å². The number of halogens is 4. The number of piperidine rings is 1. The van der Waals surface area contributed by atoms with E-state index in [2.05, 4.69) is 10.2 Å². The van der Waals surface area contributed by atoms with Gasteiger partial charge in [0.25, 0.3) is 0 Å². The molecule has 1 aliphatic rings. The summed E-state index contributed by atoms with van der Waals surface area (Å²) in [5.74, 6) is 0. The third-order valence-corrected chi connectivity index (χ3v) is 4.90. The summed E-state index contributed by atoms with van der Waals surface area (Å²) in [6.45, 7) is 12.7. The van der Waals surface area contributed by atoms with Crippen molar-refractivity contribution in [3.05, 3.63) is 30.0 Å². The zero-order valence-electron chi connectivity index (χ0n) is 18.4. The highest BCUT2D eigenvalue weighted by Crippen LogP contribution is 2.31. The summed E-state index contributed by atoms with van der Waals surface area (Å²) in [7, 11) is 0. The van der Waals surface area contributed by atoms with Crippen LogP contribution < -0.4 is 5.32 Å². The lowest BCUT2D eigenvalue weighted by atomic mass is 10.0. The molecule has 1 fully saturated rings. The Balaban J connectivity index is 0.000000989. The van der Waals surface area contributed by atoms with Gasteiger partial charge in [0, 0.05) is 29.9 Å². The molecule has 0 saturated carbocycles. The number of rotatable bonds is 4. The maximum Gasteiger partial charge on any atom is 0.406 e. The van der Waals surface area contributed by atoms with Gasteiger partial charge in [0.1, 0.15) is 12.7 Å². The van der Waals surface area contributed by atoms with Crippen molar-refractivity contribution < 1.29 is 17.6 Å². The summed E-state index contributed by atoms with van der Waals surface area (Å²) in [5.41, 5.74) is 1.75. The fraction of sp³-hybridized carbons (Fsp3) is 0.636. The van der Waals surface area contributed by atoms with Gasteiger partial charge in [-0.05, 0) is 38.1 Å². The number of nitrogens with zero attached hydrogens (tertiary/aromatic N) is 2. The molecule has 0 bridgehead atoms. The molecule has 2 unspecified atom stereocenters. The van der Waals surface area contributed by atoms with E-state index in [0.717, 1.165) is 13.1 Å². The first-order valence-corrected chi connectivity index (χ1v) is 10.6. The first kappa shape index (κ1) is 25.3. The summed E-state index contributed by atoms with van der Waals surface area (Å²) in [4.78, 5) is 2.06. The van der Waals surface area contributed by atoms with Crippen LogP contribution in [0.25, 0.3) is 10.9 Å². The predicted molar refractivity (Wildman–Crippen MR) is 114 cm³/mol. The second kappa shape index (κ2) is 11.4. The van der Waals surface area contributed by atoms with Crippen molar-refractivity contribution in [3.8, 4) is 0 Å². The molecule has 3 nitrogen and oxygen atoms in total. The smallest absolute Gasteiger partial charge is 0.379 e. The van der Waals surface area contributed by atoms with Gasteiger partial charge in [0.15, 0.2) is 0 Å². The van der Waals surface area contributed by atoms with Gasteiger partial charge in [0.2, 0.25) is 0 Å². The average Bonchev–Trinajstić information content (AvgIpc) is 3.01. The van der Waals surface area contributed by atoms with E-state index in [9.17, 15) is 17.6 Å². The molecule has 7 heteroatoms. The highest BCUT2D eigenvalue weighted by atomic mass is 19.4. The number of benzene rings is 1. The standard InChI is InChI=1S/C18H23F4N3.2C2H6/c1-3-24-8-7-16(14(19)10-24)23-15-5-4-6-17-13(15)9-12(2)25(17)11-18(20,21)22;2*1-2/h4-6,9,14,16,23H,3,7-8,10-11H2,1-2H3;2*1-2H3. The normalized spacial score (nSPS) is 19.8. The lowest BCUT2D eigenvalue weighted by molar-refractivity contribution is -0.140. The first-order valence-electron chi connectivity index (χ1n) is 10.6. The zero-order chi connectivity index (χ0) is 22.2. The average molecular weight is 418 g/mol. The monoisotopic (exact) mass is 417 g/mol. The number of hydrogen-bond acceptors (Lipinski definition) is 2. The van der Waals surface area contributed by atoms with Crippen LogP contribution in [0.1, 0.15) is 46.7 Å². The largest absolute Gasteiger partial charge is 0.406 e. The summed E-state index contributed by atoms with van der Waals surface area (Å²) in [6, 6.07) is 6.60. The molecule has 2 heterocycles. The molecular formula is C22H35F4N3. The van der Waals surface area contributed by atoms with Crippen molar-refractivity contribution in [2.45, 2.75) is 72.9 Å². The van der Waals surface area contributed by atoms with Crippen molar-refractivity contribution in [1.82, 2.24) is 9.47 Å². The molecule has 1 N–H and O–H groups in total. The Labute approximate surface area is 172 Å². The summed E-state index contributed by atoms with van der Waals surface area (Å²) < 4.78 is 54.2. The second-order valence-corrected chi connectivity index (χ2v) is 6.67. The number of hydrogen-bond donors (Lipinski definition) is 1. The molecule has 0 spiro atoms. The Morgan fingerprint density at radius 2 is 1.79 bits per heavy atom. The van der Waals surface area contributed by atoms with Crippen molar-refractivity contribution in [2.24, 2.45) is 0 Å². The predicted octanol–water partition coefficient (Wildman–Crippen LogP) is 6.41. The van der Waals surface area contributed by atoms with Gasteiger partial charge in [-0.25, -0.2) is 4.39 Å². The fourth-order valence-electron chi connectivity index (χ4n) is 3.55. The van der Waals surface area contributed by atoms with Crippen LogP contribution in [0.5, 0.6) is 0 Å². The van der Waals surface area contributed by atoms with Crippen molar-refractivity contribution in [3.63, 3.8) is 0 Å². The Bertz CT molecular complexity index is 739. The number of aryl methyl sites for hydroxylation is 1. The van der Waals surface area contributed by atoms with Crippen LogP contribution in [0.2, 0.25) is 0 Å². The molecule has 1 saturated heterocycles. The van der Waals surface area contributed by atoms with E-state index in [1.54, 1.807) is 31.2 Å². The third-order valence-electron chi connectivity index (χ3n) is 4.90. The van der Waals surface area contributed by atoms with Crippen LogP contribution in [0.15, 0.2) is 24.3 Å². The van der Waals surface area contributed by atoms with Crippen LogP contribution in [0.3, 0.4) is 0 Å². The van der Waals surface area contributed by atoms with Crippen LogP contribution in [0.4, 0.5) is 23.2 Å². The molecule has 0 aliphatic carbocycles. The molecule has 29 heavy (non-hydrogen) atoms. The summed E-state index contributed by atoms with van der Waals surface area (Å²) >= 11 is 0. The van der Waals surface area contributed by atoms with Crippen LogP contribution in [0, 0.1) is 6.92 Å². The van der Waals surface area contributed by atoms with Crippen molar-refractivity contribution in [2.75, 3.05) is 25.0 Å². The second-order valence-electron chi connectivity index (χ2n) is 6.67. The van der Waals surface area contributed by atoms with Crippen LogP contribution in [-0.2, 0) is 6.54 Å². The molecule has 3 rings (SSSR count). The van der Waals surface area contributed by atoms with E-state index in [1.165, 1.54) is 4.57 Å². The van der Waals surface area contributed by atoms with Gasteiger partial charge in [-0.15, -0.1) is 0 Å². The third kappa shape index (κ3) is 6.63. The van der Waals surface area contributed by atoms with Gasteiger partial charge in [-0.2, -0.15) is 13.2 Å². The van der Waals surface area contributed by atoms with Gasteiger partial charge < -0.3 is 14.8 Å². The maximum absolute atomic E-state index is 14.4. The number of anilines is 1. The fourth-order valence-corrected chi connectivity index (χ4v) is 3.55. The molecular weight excluding hydrogens is 382 g/mol. The van der Waals surface area contributed by atoms with Crippen LogP contribution >= 0.6 is 0 Å². The van der Waals surface area contributed by atoms with E-state index < -0.39 is 18.9 Å². The number of fused-ring (bicyclic) bond motifs is 1. The van der Waals surface area contributed by atoms with E-state index in [1.807, 2.05) is 34.6 Å². The lowest BCUT2D eigenvalue weighted by Gasteiger charge is -2.35. The molecule has 166 valence electrons. The molecule has 0 amide bonds. The Kier molecular flexibility index (Phi) is 9.96. The molecule has 2 atom stereocenters. The zero-order valence-corrected chi connectivity index (χ0v) is 18.4. The highest BCUT2D eigenvalue weighted by molar-refractivity contribution is 5.93. The van der Waals surface area contributed by atoms with Gasteiger partial charge in [-0.3, -0.25) is 0 Å². The minimum absolute atomic E-state index is 0.320. The minimum Gasteiger partial charge on any atom is -0.379 e. The van der Waals surface area contributed by atoms with Gasteiger partial charge in [-0.1, -0.05) is 40.7 Å². The van der Waals surface area contributed by atoms with Gasteiger partial charge >= 0.3 is 6.18 Å². The quantitative estimate of drug-likeness (QED) is 0.580. The molecule has 2 aromatic rings. The molecule has 0 radical (unpaired) electrons. The minimum atomic E-state index is -4.28. The summed E-state index contributed by atoms with van der Waals surface area (Å²) in [5, 5.41) is 3.93. The molecule has 1 aliphatic heterocycles. The van der Waals surface area contributed by atoms with Crippen LogP contribution in [-0.4, -0.2) is 47.5 Å². The topological polar surface area (TPSA) is 20.2 Å². The van der Waals surface area contributed by atoms with E-state index in [-0.39, 0.29) is 6.04 Å². The Hall–Kier alpha value is -1.76. The number of alkyl halides is 4. The Morgan fingerprint density at radius 3 is 2.34 bits per heavy atom. The number of likely N-dealkylation sites (tertiary alicyclic amines) is 1. The Morgan fingerprint density at radius 1 is 1.14 bits per heavy atom. The van der Waals surface area contributed by atoms with Crippen molar-refractivity contribution in [1.29, 1.82) is 0 Å². The highest BCUT2D eigenvalue weighted by Gasteiger charge is 2.31. The van der Waals surface area contributed by atoms with E-state index in [4.69, 9.17) is 0 Å². The molecule has 1 aromatic carbocycles. The summed E-state index contributed by atoms with van der Waals surface area (Å²) in [6.07, 6.45) is -4.60. The number of aromatic nitrogens is 1.